The van der Waals surface area contributed by atoms with Gasteiger partial charge in [-0.05, 0) is 64.2 Å². The molecule has 0 radical (unpaired) electrons. The average Bonchev–Trinajstić information content (AvgIpc) is 3.36. The number of ether oxygens (including phenoxy) is 2. The third kappa shape index (κ3) is 57.6. The second-order valence-corrected chi connectivity index (χ2v) is 22.4. The standard InChI is InChI=1S/C61H118NO8P/c1-3-5-7-9-11-13-15-17-18-19-20-21-22-23-24-25-26-27-28-29-30-31-32-33-34-35-36-37-38-39-40-42-44-46-48-50-52-54-61(64)70-59(58-69-71(65,66)68-56-55-62)57-67-60(63)53-51-49-47-45-43-41-16-14-12-10-8-6-4-2/h14,16,19-20,59H,3-13,15,17-18,21-58,62H2,1-2H3,(H,65,66)/b16-14-,20-19-. The SMILES string of the molecule is CCCCCC/C=C\CCCCCCCC(=O)OCC(COP(=O)(O)OCCN)OC(=O)CCCCCCCCCCCCCCCCCCCCCCCCCCC/C=C\CCCCCCCCCC. The van der Waals surface area contributed by atoms with E-state index < -0.39 is 26.5 Å². The molecule has 0 saturated carbocycles. The van der Waals surface area contributed by atoms with Crippen molar-refractivity contribution in [3.05, 3.63) is 24.3 Å². The molecule has 9 nitrogen and oxygen atoms in total. The quantitative estimate of drug-likeness (QED) is 0.0264. The Morgan fingerprint density at radius 1 is 0.408 bits per heavy atom. The Labute approximate surface area is 440 Å². The van der Waals surface area contributed by atoms with Crippen molar-refractivity contribution >= 4 is 19.8 Å². The summed E-state index contributed by atoms with van der Waals surface area (Å²) in [5.74, 6) is -0.823. The molecular weight excluding hydrogens is 906 g/mol. The molecule has 0 amide bonds. The maximum atomic E-state index is 12.7. The molecule has 0 rings (SSSR count). The number of carbonyl (C=O) groups excluding carboxylic acids is 2. The van der Waals surface area contributed by atoms with Crippen molar-refractivity contribution < 1.29 is 37.6 Å². The van der Waals surface area contributed by atoms with E-state index in [0.29, 0.717) is 6.42 Å². The highest BCUT2D eigenvalue weighted by atomic mass is 31.2. The van der Waals surface area contributed by atoms with Crippen molar-refractivity contribution in [3.63, 3.8) is 0 Å². The Bertz CT molecular complexity index is 1210. The molecule has 0 spiro atoms. The molecule has 0 heterocycles. The van der Waals surface area contributed by atoms with Crippen LogP contribution in [-0.4, -0.2) is 49.3 Å². The second kappa shape index (κ2) is 57.8. The molecular formula is C61H118NO8P. The number of nitrogens with two attached hydrogens (primary N) is 1. The van der Waals surface area contributed by atoms with Gasteiger partial charge in [0.1, 0.15) is 6.61 Å². The monoisotopic (exact) mass is 1020 g/mol. The molecule has 0 aromatic rings. The first-order valence-electron chi connectivity index (χ1n) is 30.8. The lowest BCUT2D eigenvalue weighted by Gasteiger charge is -2.19. The van der Waals surface area contributed by atoms with Crippen molar-refractivity contribution in [2.45, 2.75) is 328 Å². The lowest BCUT2D eigenvalue weighted by molar-refractivity contribution is -0.161. The number of allylic oxidation sites excluding steroid dienone is 4. The Balaban J connectivity index is 3.74. The maximum Gasteiger partial charge on any atom is 0.472 e. The number of phosphoric ester groups is 1. The van der Waals surface area contributed by atoms with Gasteiger partial charge in [-0.1, -0.05) is 269 Å². The van der Waals surface area contributed by atoms with Gasteiger partial charge in [0.25, 0.3) is 0 Å². The van der Waals surface area contributed by atoms with Crippen LogP contribution in [0.3, 0.4) is 0 Å². The van der Waals surface area contributed by atoms with Crippen LogP contribution in [0.4, 0.5) is 0 Å². The summed E-state index contributed by atoms with van der Waals surface area (Å²) in [6, 6.07) is 0. The fraction of sp³-hybridized carbons (Fsp3) is 0.902. The highest BCUT2D eigenvalue weighted by Gasteiger charge is 2.26. The Morgan fingerprint density at radius 3 is 1.01 bits per heavy atom. The minimum Gasteiger partial charge on any atom is -0.462 e. The number of esters is 2. The average molecular weight is 1020 g/mol. The van der Waals surface area contributed by atoms with E-state index in [2.05, 4.69) is 38.2 Å². The molecule has 2 unspecified atom stereocenters. The number of hydrogen-bond acceptors (Lipinski definition) is 8. The predicted molar refractivity (Wildman–Crippen MR) is 303 cm³/mol. The van der Waals surface area contributed by atoms with Crippen LogP contribution in [0.2, 0.25) is 0 Å². The molecule has 0 aromatic carbocycles. The maximum absolute atomic E-state index is 12.7. The molecule has 0 aromatic heterocycles. The van der Waals surface area contributed by atoms with Crippen LogP contribution in [0, 0.1) is 0 Å². The topological polar surface area (TPSA) is 134 Å². The fourth-order valence-electron chi connectivity index (χ4n) is 9.22. The first-order chi connectivity index (χ1) is 34.8. The zero-order valence-corrected chi connectivity index (χ0v) is 47.9. The number of unbranched alkanes of at least 4 members (excludes halogenated alkanes) is 42. The van der Waals surface area contributed by atoms with Crippen LogP contribution in [0.25, 0.3) is 0 Å². The summed E-state index contributed by atoms with van der Waals surface area (Å²) in [5.41, 5.74) is 5.37. The number of phosphoric acid groups is 1. The van der Waals surface area contributed by atoms with Crippen molar-refractivity contribution in [1.29, 1.82) is 0 Å². The minimum atomic E-state index is -4.38. The molecule has 0 bridgehead atoms. The van der Waals surface area contributed by atoms with Crippen molar-refractivity contribution in [3.8, 4) is 0 Å². The van der Waals surface area contributed by atoms with E-state index in [9.17, 15) is 19.0 Å². The summed E-state index contributed by atoms with van der Waals surface area (Å²) in [7, 11) is -4.38. The van der Waals surface area contributed by atoms with Crippen LogP contribution in [0.15, 0.2) is 24.3 Å². The third-order valence-electron chi connectivity index (χ3n) is 13.8. The van der Waals surface area contributed by atoms with E-state index in [0.717, 1.165) is 51.4 Å². The summed E-state index contributed by atoms with van der Waals surface area (Å²) in [6.07, 6.45) is 68.5. The lowest BCUT2D eigenvalue weighted by Crippen LogP contribution is -2.29. The Kier molecular flexibility index (Phi) is 56.5. The Morgan fingerprint density at radius 2 is 0.690 bits per heavy atom. The molecule has 10 heteroatoms. The van der Waals surface area contributed by atoms with Crippen molar-refractivity contribution in [2.75, 3.05) is 26.4 Å². The van der Waals surface area contributed by atoms with Crippen LogP contribution >= 0.6 is 7.82 Å². The van der Waals surface area contributed by atoms with Gasteiger partial charge in [-0.25, -0.2) is 4.57 Å². The fourth-order valence-corrected chi connectivity index (χ4v) is 9.98. The molecule has 2 atom stereocenters. The van der Waals surface area contributed by atoms with Crippen LogP contribution in [0.1, 0.15) is 322 Å². The number of carbonyl (C=O) groups is 2. The summed E-state index contributed by atoms with van der Waals surface area (Å²) in [6.45, 7) is 3.76. The van der Waals surface area contributed by atoms with Crippen LogP contribution in [-0.2, 0) is 32.7 Å². The predicted octanol–water partition coefficient (Wildman–Crippen LogP) is 19.4. The molecule has 420 valence electrons. The second-order valence-electron chi connectivity index (χ2n) is 20.9. The van der Waals surface area contributed by atoms with Crippen LogP contribution in [0.5, 0.6) is 0 Å². The summed E-state index contributed by atoms with van der Waals surface area (Å²) in [4.78, 5) is 35.1. The van der Waals surface area contributed by atoms with Gasteiger partial charge < -0.3 is 20.1 Å². The molecule has 0 aliphatic rings. The van der Waals surface area contributed by atoms with Gasteiger partial charge in [-0.2, -0.15) is 0 Å². The highest BCUT2D eigenvalue weighted by molar-refractivity contribution is 7.47. The van der Waals surface area contributed by atoms with E-state index >= 15 is 0 Å². The summed E-state index contributed by atoms with van der Waals surface area (Å²) in [5, 5.41) is 0. The first kappa shape index (κ1) is 69.5. The van der Waals surface area contributed by atoms with Crippen molar-refractivity contribution in [2.24, 2.45) is 5.73 Å². The zero-order chi connectivity index (χ0) is 51.7. The van der Waals surface area contributed by atoms with E-state index in [4.69, 9.17) is 24.3 Å². The zero-order valence-electron chi connectivity index (χ0n) is 47.0. The minimum absolute atomic E-state index is 0.0548. The largest absolute Gasteiger partial charge is 0.472 e. The van der Waals surface area contributed by atoms with Gasteiger partial charge in [0.05, 0.1) is 13.2 Å². The number of rotatable bonds is 59. The van der Waals surface area contributed by atoms with E-state index in [1.807, 2.05) is 0 Å². The summed E-state index contributed by atoms with van der Waals surface area (Å²) < 4.78 is 33.0. The Hall–Kier alpha value is -1.51. The molecule has 0 aliphatic carbocycles. The van der Waals surface area contributed by atoms with Gasteiger partial charge in [0, 0.05) is 19.4 Å². The highest BCUT2D eigenvalue weighted by Crippen LogP contribution is 2.43. The summed E-state index contributed by atoms with van der Waals surface area (Å²) >= 11 is 0. The van der Waals surface area contributed by atoms with E-state index in [1.54, 1.807) is 0 Å². The molecule has 0 fully saturated rings. The van der Waals surface area contributed by atoms with E-state index in [1.165, 1.54) is 238 Å². The molecule has 71 heavy (non-hydrogen) atoms. The van der Waals surface area contributed by atoms with Gasteiger partial charge in [-0.3, -0.25) is 18.6 Å². The smallest absolute Gasteiger partial charge is 0.462 e. The third-order valence-corrected chi connectivity index (χ3v) is 14.8. The molecule has 0 saturated heterocycles. The van der Waals surface area contributed by atoms with Gasteiger partial charge in [0.2, 0.25) is 0 Å². The van der Waals surface area contributed by atoms with Gasteiger partial charge in [-0.15, -0.1) is 0 Å². The normalized spacial score (nSPS) is 13.1. The number of hydrogen-bond donors (Lipinski definition) is 2. The van der Waals surface area contributed by atoms with E-state index in [-0.39, 0.29) is 38.6 Å². The van der Waals surface area contributed by atoms with Gasteiger partial charge >= 0.3 is 19.8 Å². The van der Waals surface area contributed by atoms with Gasteiger partial charge in [0.15, 0.2) is 6.10 Å². The first-order valence-corrected chi connectivity index (χ1v) is 32.3. The molecule has 0 aliphatic heterocycles. The lowest BCUT2D eigenvalue weighted by atomic mass is 10.0. The van der Waals surface area contributed by atoms with Crippen molar-refractivity contribution in [1.82, 2.24) is 0 Å². The molecule has 3 N–H and O–H groups in total. The van der Waals surface area contributed by atoms with Crippen LogP contribution < -0.4 is 5.73 Å².